The second-order valence-corrected chi connectivity index (χ2v) is 8.29. The Labute approximate surface area is 174 Å². The van der Waals surface area contributed by atoms with Crippen LogP contribution in [0.3, 0.4) is 0 Å². The Kier molecular flexibility index (Phi) is 5.81. The molecule has 1 atom stereocenters. The molecule has 2 aromatic rings. The third-order valence-electron chi connectivity index (χ3n) is 6.02. The van der Waals surface area contributed by atoms with Crippen LogP contribution in [0.5, 0.6) is 0 Å². The highest BCUT2D eigenvalue weighted by Crippen LogP contribution is 2.33. The van der Waals surface area contributed by atoms with Gasteiger partial charge in [-0.25, -0.2) is 9.97 Å². The minimum absolute atomic E-state index is 0.123. The van der Waals surface area contributed by atoms with Crippen LogP contribution in [0.1, 0.15) is 49.8 Å². The summed E-state index contributed by atoms with van der Waals surface area (Å²) in [4.78, 5) is 18.0. The molecule has 0 amide bonds. The fourth-order valence-corrected chi connectivity index (χ4v) is 4.20. The molecule has 1 unspecified atom stereocenters. The maximum Gasteiger partial charge on any atom is 0.416 e. The molecule has 162 valence electrons. The van der Waals surface area contributed by atoms with Gasteiger partial charge < -0.3 is 15.1 Å². The fraction of sp³-hybridized carbons (Fsp3) is 0.571. The quantitative estimate of drug-likeness (QED) is 0.790. The lowest BCUT2D eigenvalue weighted by Crippen LogP contribution is -2.31. The van der Waals surface area contributed by atoms with E-state index >= 15 is 0 Å². The SMILES string of the molecule is CC1CCCN1c1nc(Nc2cc(C(F)(F)F)ccn2)cc(C2CCN(C)CC2)n1. The number of nitrogens with one attached hydrogen (secondary N) is 1. The van der Waals surface area contributed by atoms with Gasteiger partial charge in [-0.05, 0) is 64.9 Å². The summed E-state index contributed by atoms with van der Waals surface area (Å²) in [5.41, 5.74) is 0.208. The van der Waals surface area contributed by atoms with Gasteiger partial charge >= 0.3 is 6.18 Å². The van der Waals surface area contributed by atoms with Crippen molar-refractivity contribution in [1.29, 1.82) is 0 Å². The lowest BCUT2D eigenvalue weighted by Gasteiger charge is -2.30. The number of pyridine rings is 1. The molecule has 0 aromatic carbocycles. The summed E-state index contributed by atoms with van der Waals surface area (Å²) in [5, 5.41) is 2.98. The van der Waals surface area contributed by atoms with Crippen molar-refractivity contribution < 1.29 is 13.2 Å². The minimum atomic E-state index is -4.42. The third-order valence-corrected chi connectivity index (χ3v) is 6.02. The average Bonchev–Trinajstić information content (AvgIpc) is 3.14. The summed E-state index contributed by atoms with van der Waals surface area (Å²) < 4.78 is 39.2. The molecule has 2 saturated heterocycles. The summed E-state index contributed by atoms with van der Waals surface area (Å²) in [6.07, 6.45) is 0.919. The third kappa shape index (κ3) is 4.66. The molecule has 1 N–H and O–H groups in total. The molecule has 6 nitrogen and oxygen atoms in total. The predicted molar refractivity (Wildman–Crippen MR) is 110 cm³/mol. The number of aromatic nitrogens is 3. The van der Waals surface area contributed by atoms with Crippen LogP contribution in [0.4, 0.5) is 30.8 Å². The van der Waals surface area contributed by atoms with Crippen LogP contribution in [0.25, 0.3) is 0 Å². The van der Waals surface area contributed by atoms with E-state index in [1.165, 1.54) is 0 Å². The molecule has 0 radical (unpaired) electrons. The van der Waals surface area contributed by atoms with E-state index in [0.29, 0.717) is 23.7 Å². The number of nitrogens with zero attached hydrogens (tertiary/aromatic N) is 5. The van der Waals surface area contributed by atoms with Gasteiger partial charge in [0.25, 0.3) is 0 Å². The summed E-state index contributed by atoms with van der Waals surface area (Å²) >= 11 is 0. The Balaban J connectivity index is 1.65. The molecule has 9 heteroatoms. The van der Waals surface area contributed by atoms with Gasteiger partial charge in [-0.15, -0.1) is 0 Å². The molecular formula is C21H27F3N6. The minimum Gasteiger partial charge on any atom is -0.338 e. The summed E-state index contributed by atoms with van der Waals surface area (Å²) in [6.45, 7) is 5.05. The number of rotatable bonds is 4. The van der Waals surface area contributed by atoms with Crippen molar-refractivity contribution >= 4 is 17.6 Å². The molecule has 0 bridgehead atoms. The summed E-state index contributed by atoms with van der Waals surface area (Å²) in [7, 11) is 2.11. The van der Waals surface area contributed by atoms with Gasteiger partial charge in [0.15, 0.2) is 0 Å². The molecule has 0 saturated carbocycles. The van der Waals surface area contributed by atoms with Crippen molar-refractivity contribution in [2.45, 2.75) is 50.7 Å². The first kappa shape index (κ1) is 20.8. The van der Waals surface area contributed by atoms with Gasteiger partial charge in [0.05, 0.1) is 11.3 Å². The smallest absolute Gasteiger partial charge is 0.338 e. The first-order chi connectivity index (χ1) is 14.3. The van der Waals surface area contributed by atoms with E-state index in [-0.39, 0.29) is 5.82 Å². The summed E-state index contributed by atoms with van der Waals surface area (Å²) in [5.74, 6) is 1.57. The topological polar surface area (TPSA) is 57.2 Å². The number of likely N-dealkylation sites (tertiary alicyclic amines) is 1. The molecule has 30 heavy (non-hydrogen) atoms. The zero-order valence-electron chi connectivity index (χ0n) is 17.3. The average molecular weight is 420 g/mol. The molecule has 2 aromatic heterocycles. The van der Waals surface area contributed by atoms with Crippen molar-refractivity contribution in [2.24, 2.45) is 0 Å². The second-order valence-electron chi connectivity index (χ2n) is 8.29. The van der Waals surface area contributed by atoms with Gasteiger partial charge in [0.1, 0.15) is 11.6 Å². The highest BCUT2D eigenvalue weighted by atomic mass is 19.4. The van der Waals surface area contributed by atoms with Crippen molar-refractivity contribution in [2.75, 3.05) is 36.9 Å². The van der Waals surface area contributed by atoms with Crippen LogP contribution in [0.2, 0.25) is 0 Å². The number of hydrogen-bond acceptors (Lipinski definition) is 6. The Hall–Kier alpha value is -2.42. The number of piperidine rings is 1. The molecule has 2 aliphatic heterocycles. The van der Waals surface area contributed by atoms with Crippen LogP contribution in [0.15, 0.2) is 24.4 Å². The van der Waals surface area contributed by atoms with E-state index in [1.807, 2.05) is 6.07 Å². The Morgan fingerprint density at radius 2 is 1.80 bits per heavy atom. The first-order valence-corrected chi connectivity index (χ1v) is 10.4. The van der Waals surface area contributed by atoms with Crippen molar-refractivity contribution in [3.63, 3.8) is 0 Å². The van der Waals surface area contributed by atoms with Crippen LogP contribution < -0.4 is 10.2 Å². The van der Waals surface area contributed by atoms with Gasteiger partial charge in [0, 0.05) is 30.8 Å². The van der Waals surface area contributed by atoms with Crippen LogP contribution in [-0.4, -0.2) is 52.6 Å². The molecular weight excluding hydrogens is 393 g/mol. The predicted octanol–water partition coefficient (Wildman–Crippen LogP) is 4.43. The van der Waals surface area contributed by atoms with E-state index < -0.39 is 11.7 Å². The van der Waals surface area contributed by atoms with Crippen molar-refractivity contribution in [1.82, 2.24) is 19.9 Å². The Morgan fingerprint density at radius 1 is 1.03 bits per heavy atom. The Morgan fingerprint density at radius 3 is 2.47 bits per heavy atom. The lowest BCUT2D eigenvalue weighted by molar-refractivity contribution is -0.137. The normalized spacial score (nSPS) is 21.2. The number of hydrogen-bond donors (Lipinski definition) is 1. The highest BCUT2D eigenvalue weighted by molar-refractivity contribution is 5.55. The van der Waals surface area contributed by atoms with Crippen LogP contribution in [-0.2, 0) is 6.18 Å². The number of alkyl halides is 3. The first-order valence-electron chi connectivity index (χ1n) is 10.4. The van der Waals surface area contributed by atoms with Crippen molar-refractivity contribution in [3.8, 4) is 0 Å². The van der Waals surface area contributed by atoms with E-state index in [9.17, 15) is 13.2 Å². The van der Waals surface area contributed by atoms with Gasteiger partial charge in [0.2, 0.25) is 5.95 Å². The van der Waals surface area contributed by atoms with E-state index in [1.54, 1.807) is 0 Å². The maximum absolute atomic E-state index is 13.1. The van der Waals surface area contributed by atoms with E-state index in [0.717, 1.165) is 69.3 Å². The molecule has 4 heterocycles. The number of halogens is 3. The van der Waals surface area contributed by atoms with Crippen LogP contribution >= 0.6 is 0 Å². The van der Waals surface area contributed by atoms with Crippen molar-refractivity contribution in [3.05, 3.63) is 35.7 Å². The molecule has 0 spiro atoms. The van der Waals surface area contributed by atoms with Gasteiger partial charge in [-0.1, -0.05) is 0 Å². The van der Waals surface area contributed by atoms with Gasteiger partial charge in [-0.2, -0.15) is 18.2 Å². The monoisotopic (exact) mass is 420 g/mol. The van der Waals surface area contributed by atoms with Gasteiger partial charge in [-0.3, -0.25) is 0 Å². The molecule has 2 aliphatic rings. The van der Waals surface area contributed by atoms with E-state index in [4.69, 9.17) is 4.98 Å². The summed E-state index contributed by atoms with van der Waals surface area (Å²) in [6, 6.07) is 4.18. The molecule has 4 rings (SSSR count). The fourth-order valence-electron chi connectivity index (χ4n) is 4.20. The lowest BCUT2D eigenvalue weighted by atomic mass is 9.93. The Bertz CT molecular complexity index is 879. The molecule has 0 aliphatic carbocycles. The molecule has 2 fully saturated rings. The highest BCUT2D eigenvalue weighted by Gasteiger charge is 2.31. The van der Waals surface area contributed by atoms with E-state index in [2.05, 4.69) is 39.1 Å². The number of anilines is 3. The largest absolute Gasteiger partial charge is 0.416 e. The zero-order valence-corrected chi connectivity index (χ0v) is 17.3. The maximum atomic E-state index is 13.1. The second kappa shape index (κ2) is 8.37. The standard InChI is InChI=1S/C21H27F3N6/c1-14-4-3-9-30(14)20-26-17(15-6-10-29(2)11-7-15)13-19(28-20)27-18-12-16(5-8-25-18)21(22,23)24/h5,8,12-15H,3-4,6-7,9-11H2,1-2H3,(H,25,26,27,28). The van der Waals surface area contributed by atoms with Crippen LogP contribution in [0, 0.1) is 0 Å². The zero-order chi connectivity index (χ0) is 21.3.